The van der Waals surface area contributed by atoms with Crippen molar-refractivity contribution in [2.75, 3.05) is 0 Å². The summed E-state index contributed by atoms with van der Waals surface area (Å²) in [6.45, 7) is 0. The van der Waals surface area contributed by atoms with Gasteiger partial charge in [-0.15, -0.1) is 0 Å². The average molecular weight is 664 g/mol. The Labute approximate surface area is 300 Å². The van der Waals surface area contributed by atoms with Crippen molar-refractivity contribution in [3.05, 3.63) is 176 Å². The van der Waals surface area contributed by atoms with Crippen molar-refractivity contribution in [1.29, 1.82) is 0 Å². The molecule has 0 N–H and O–H groups in total. The molecule has 0 radical (unpaired) electrons. The van der Waals surface area contributed by atoms with Crippen LogP contribution in [0.2, 0.25) is 0 Å². The van der Waals surface area contributed by atoms with E-state index < -0.39 is 0 Å². The minimum Gasteiger partial charge on any atom is -0.227 e. The van der Waals surface area contributed by atoms with Gasteiger partial charge in [0.2, 0.25) is 0 Å². The van der Waals surface area contributed by atoms with E-state index in [1.54, 1.807) is 0 Å². The second-order valence-corrected chi connectivity index (χ2v) is 13.0. The zero-order chi connectivity index (χ0) is 34.4. The van der Waals surface area contributed by atoms with Crippen molar-refractivity contribution >= 4 is 43.2 Å². The fourth-order valence-electron chi connectivity index (χ4n) is 7.00. The smallest absolute Gasteiger partial charge is 0.164 e. The van der Waals surface area contributed by atoms with Gasteiger partial charge in [-0.2, -0.15) is 0 Å². The number of fused-ring (bicyclic) bond motifs is 5. The molecule has 0 atom stereocenters. The number of rotatable bonds is 5. The Morgan fingerprint density at radius 1 is 0.250 bits per heavy atom. The molecule has 0 unspecified atom stereocenters. The lowest BCUT2D eigenvalue weighted by atomic mass is 9.99. The van der Waals surface area contributed by atoms with Gasteiger partial charge >= 0.3 is 0 Å². The van der Waals surface area contributed by atoms with Gasteiger partial charge in [0.1, 0.15) is 0 Å². The lowest BCUT2D eigenvalue weighted by Gasteiger charge is -2.13. The summed E-state index contributed by atoms with van der Waals surface area (Å²) < 4.78 is 0. The van der Waals surface area contributed by atoms with Crippen LogP contribution in [0.1, 0.15) is 0 Å². The second kappa shape index (κ2) is 12.3. The van der Waals surface area contributed by atoms with Crippen molar-refractivity contribution < 1.29 is 0 Å². The van der Waals surface area contributed by atoms with Gasteiger partial charge in [-0.1, -0.05) is 152 Å². The van der Waals surface area contributed by atoms with Gasteiger partial charge in [-0.3, -0.25) is 0 Å². The minimum absolute atomic E-state index is 0.598. The summed E-state index contributed by atoms with van der Waals surface area (Å²) >= 11 is 0. The van der Waals surface area contributed by atoms with E-state index in [2.05, 4.69) is 140 Å². The molecule has 52 heavy (non-hydrogen) atoms. The van der Waals surface area contributed by atoms with Crippen LogP contribution in [0.25, 0.3) is 100 Å². The van der Waals surface area contributed by atoms with Crippen LogP contribution in [0.15, 0.2) is 176 Å². The third-order valence-electron chi connectivity index (χ3n) is 9.67. The first-order valence-electron chi connectivity index (χ1n) is 17.3. The first kappa shape index (κ1) is 29.8. The molecule has 242 valence electrons. The van der Waals surface area contributed by atoms with Gasteiger partial charge in [-0.05, 0) is 51.2 Å². The molecule has 0 aliphatic rings. The normalized spacial score (nSPS) is 11.5. The molecule has 0 saturated carbocycles. The second-order valence-electron chi connectivity index (χ2n) is 13.0. The van der Waals surface area contributed by atoms with Crippen molar-refractivity contribution in [2.45, 2.75) is 0 Å². The van der Waals surface area contributed by atoms with Crippen LogP contribution in [-0.4, -0.2) is 24.9 Å². The summed E-state index contributed by atoms with van der Waals surface area (Å²) in [7, 11) is 0. The molecule has 8 aromatic carbocycles. The summed E-state index contributed by atoms with van der Waals surface area (Å²) in [4.78, 5) is 25.7. The predicted octanol–water partition coefficient (Wildman–Crippen LogP) is 11.6. The van der Waals surface area contributed by atoms with Crippen LogP contribution in [-0.2, 0) is 0 Å². The highest BCUT2D eigenvalue weighted by molar-refractivity contribution is 6.10. The highest BCUT2D eigenvalue weighted by Gasteiger charge is 2.17. The molecule has 10 rings (SSSR count). The summed E-state index contributed by atoms with van der Waals surface area (Å²) in [5.74, 6) is 2.53. The van der Waals surface area contributed by atoms with E-state index in [0.717, 1.165) is 66.0 Å². The third kappa shape index (κ3) is 5.32. The molecule has 2 heterocycles. The molecular formula is C47H29N5. The Bertz CT molecular complexity index is 2860. The molecule has 0 aliphatic heterocycles. The molecule has 0 aliphatic carbocycles. The fourth-order valence-corrected chi connectivity index (χ4v) is 7.00. The van der Waals surface area contributed by atoms with Crippen LogP contribution in [0.5, 0.6) is 0 Å². The molecule has 0 fully saturated rings. The van der Waals surface area contributed by atoms with E-state index >= 15 is 0 Å². The Morgan fingerprint density at radius 2 is 0.692 bits per heavy atom. The highest BCUT2D eigenvalue weighted by Crippen LogP contribution is 2.36. The quantitative estimate of drug-likeness (QED) is 0.171. The number of nitrogens with zero attached hydrogens (tertiary/aromatic N) is 5. The lowest BCUT2D eigenvalue weighted by molar-refractivity contribution is 1.08. The third-order valence-corrected chi connectivity index (χ3v) is 9.67. The Hall–Kier alpha value is -7.11. The maximum absolute atomic E-state index is 5.22. The van der Waals surface area contributed by atoms with Crippen molar-refractivity contribution in [3.63, 3.8) is 0 Å². The van der Waals surface area contributed by atoms with Gasteiger partial charge in [0.25, 0.3) is 0 Å². The van der Waals surface area contributed by atoms with E-state index in [1.807, 2.05) is 36.4 Å². The molecule has 0 saturated heterocycles. The maximum atomic E-state index is 5.22. The summed E-state index contributed by atoms with van der Waals surface area (Å²) in [5.41, 5.74) is 6.53. The van der Waals surface area contributed by atoms with Crippen LogP contribution < -0.4 is 0 Å². The van der Waals surface area contributed by atoms with Crippen molar-refractivity contribution in [2.24, 2.45) is 0 Å². The van der Waals surface area contributed by atoms with E-state index in [4.69, 9.17) is 24.9 Å². The van der Waals surface area contributed by atoms with E-state index in [9.17, 15) is 0 Å². The van der Waals surface area contributed by atoms with E-state index in [1.165, 1.54) is 10.8 Å². The van der Waals surface area contributed by atoms with Gasteiger partial charge in [-0.25, -0.2) is 24.9 Å². The number of aromatic nitrogens is 5. The van der Waals surface area contributed by atoms with Crippen LogP contribution in [0, 0.1) is 0 Å². The summed E-state index contributed by atoms with van der Waals surface area (Å²) in [5, 5.41) is 7.67. The molecule has 10 aromatic rings. The fraction of sp³-hybridized carbons (Fsp3) is 0. The van der Waals surface area contributed by atoms with Crippen molar-refractivity contribution in [3.8, 4) is 56.8 Å². The largest absolute Gasteiger partial charge is 0.227 e. The molecule has 5 nitrogen and oxygen atoms in total. The number of benzene rings is 8. The summed E-state index contributed by atoms with van der Waals surface area (Å²) in [6.07, 6.45) is 0. The van der Waals surface area contributed by atoms with Crippen LogP contribution in [0.3, 0.4) is 0 Å². The van der Waals surface area contributed by atoms with E-state index in [0.29, 0.717) is 23.3 Å². The van der Waals surface area contributed by atoms with Gasteiger partial charge in [0.15, 0.2) is 23.3 Å². The highest BCUT2D eigenvalue weighted by atomic mass is 15.0. The van der Waals surface area contributed by atoms with Crippen LogP contribution in [0.4, 0.5) is 0 Å². The SMILES string of the molecule is c1ccc(-c2nc(-c3ccccc3)c3ccc4ccc(-c5nc(-c6ccc7ccccc7c6)nc(-c6ccc7ccccc7c6)n5)cc4c3n2)cc1. The molecule has 0 amide bonds. The molecular weight excluding hydrogens is 635 g/mol. The van der Waals surface area contributed by atoms with Gasteiger partial charge < -0.3 is 0 Å². The van der Waals surface area contributed by atoms with Crippen LogP contribution >= 0.6 is 0 Å². The average Bonchev–Trinajstić information content (AvgIpc) is 3.23. The minimum atomic E-state index is 0.598. The lowest BCUT2D eigenvalue weighted by Crippen LogP contribution is -2.00. The van der Waals surface area contributed by atoms with Gasteiger partial charge in [0, 0.05) is 38.6 Å². The maximum Gasteiger partial charge on any atom is 0.164 e. The number of hydrogen-bond acceptors (Lipinski definition) is 5. The Morgan fingerprint density at radius 3 is 1.27 bits per heavy atom. The van der Waals surface area contributed by atoms with E-state index in [-0.39, 0.29) is 0 Å². The Kier molecular flexibility index (Phi) is 7.07. The molecule has 5 heteroatoms. The topological polar surface area (TPSA) is 64.5 Å². The molecule has 0 spiro atoms. The number of hydrogen-bond donors (Lipinski definition) is 0. The molecule has 2 aromatic heterocycles. The standard InChI is InChI=1S/C47H29N5/c1-3-13-33(14-4-1)42-40-26-25-32-21-24-39(29-41(32)43(40)49-44(48-42)34-15-5-2-6-16-34)47-51-45(37-22-19-30-11-7-9-17-35(30)27-37)50-46(52-47)38-23-20-31-12-8-10-18-36(31)28-38/h1-29H. The first-order valence-corrected chi connectivity index (χ1v) is 17.3. The predicted molar refractivity (Wildman–Crippen MR) is 213 cm³/mol. The first-order chi connectivity index (χ1) is 25.7. The monoisotopic (exact) mass is 663 g/mol. The zero-order valence-corrected chi connectivity index (χ0v) is 28.0. The molecule has 0 bridgehead atoms. The van der Waals surface area contributed by atoms with Crippen molar-refractivity contribution in [1.82, 2.24) is 24.9 Å². The Balaban J connectivity index is 1.20. The zero-order valence-electron chi connectivity index (χ0n) is 28.0. The summed E-state index contributed by atoms with van der Waals surface area (Å²) in [6, 6.07) is 60.6. The van der Waals surface area contributed by atoms with Gasteiger partial charge in [0.05, 0.1) is 11.2 Å².